The molecule has 1 aromatic heterocycles. The highest BCUT2D eigenvalue weighted by Gasteiger charge is 2.39. The maximum atomic E-state index is 12.3. The van der Waals surface area contributed by atoms with Crippen molar-refractivity contribution in [2.24, 2.45) is 0 Å². The molecular formula is C12H15BrO3S. The van der Waals surface area contributed by atoms with Gasteiger partial charge in [-0.3, -0.25) is 4.79 Å². The Balaban J connectivity index is 2.07. The Morgan fingerprint density at radius 1 is 1.53 bits per heavy atom. The summed E-state index contributed by atoms with van der Waals surface area (Å²) in [6.07, 6.45) is 1.77. The second-order valence-electron chi connectivity index (χ2n) is 4.12. The van der Waals surface area contributed by atoms with E-state index in [0.717, 1.165) is 8.66 Å². The number of ketones is 1. The summed E-state index contributed by atoms with van der Waals surface area (Å²) in [5.41, 5.74) is -0.630. The lowest BCUT2D eigenvalue weighted by atomic mass is 9.87. The molecule has 2 rings (SSSR count). The van der Waals surface area contributed by atoms with Crippen LogP contribution in [0.1, 0.15) is 17.7 Å². The van der Waals surface area contributed by atoms with E-state index in [4.69, 9.17) is 9.47 Å². The van der Waals surface area contributed by atoms with Gasteiger partial charge in [0.05, 0.1) is 3.79 Å². The molecule has 1 saturated heterocycles. The van der Waals surface area contributed by atoms with Gasteiger partial charge < -0.3 is 9.47 Å². The van der Waals surface area contributed by atoms with Gasteiger partial charge in [-0.2, -0.15) is 0 Å². The van der Waals surface area contributed by atoms with E-state index in [1.807, 2.05) is 12.1 Å². The first-order valence-electron chi connectivity index (χ1n) is 5.57. The van der Waals surface area contributed by atoms with Crippen LogP contribution in [0.4, 0.5) is 0 Å². The Kier molecular flexibility index (Phi) is 4.36. The number of ether oxygens (including phenoxy) is 2. The minimum absolute atomic E-state index is 0.164. The molecule has 0 unspecified atom stereocenters. The molecule has 0 spiro atoms. The molecule has 94 valence electrons. The van der Waals surface area contributed by atoms with Crippen molar-refractivity contribution in [1.29, 1.82) is 0 Å². The van der Waals surface area contributed by atoms with Crippen LogP contribution in [0.3, 0.4) is 0 Å². The summed E-state index contributed by atoms with van der Waals surface area (Å²) in [5, 5.41) is 0. The summed E-state index contributed by atoms with van der Waals surface area (Å²) in [7, 11) is 1.62. The van der Waals surface area contributed by atoms with Crippen molar-refractivity contribution in [3.63, 3.8) is 0 Å². The monoisotopic (exact) mass is 318 g/mol. The SMILES string of the molecule is COC1(C(=O)Cc2ccc(Br)s2)CCOCC1. The van der Waals surface area contributed by atoms with Gasteiger partial charge in [-0.05, 0) is 28.1 Å². The van der Waals surface area contributed by atoms with E-state index >= 15 is 0 Å². The lowest BCUT2D eigenvalue weighted by Crippen LogP contribution is -2.46. The van der Waals surface area contributed by atoms with Crippen molar-refractivity contribution in [1.82, 2.24) is 0 Å². The molecule has 0 amide bonds. The molecule has 0 saturated carbocycles. The Hall–Kier alpha value is -0.230. The molecule has 5 heteroatoms. The van der Waals surface area contributed by atoms with Gasteiger partial charge in [0.1, 0.15) is 5.60 Å². The molecule has 0 aliphatic carbocycles. The molecule has 1 aliphatic heterocycles. The number of hydrogen-bond donors (Lipinski definition) is 0. The number of thiophene rings is 1. The fourth-order valence-corrected chi connectivity index (χ4v) is 3.55. The van der Waals surface area contributed by atoms with E-state index in [2.05, 4.69) is 15.9 Å². The van der Waals surface area contributed by atoms with E-state index < -0.39 is 5.60 Å². The van der Waals surface area contributed by atoms with E-state index in [9.17, 15) is 4.79 Å². The second-order valence-corrected chi connectivity index (χ2v) is 6.66. The maximum absolute atomic E-state index is 12.3. The predicted octanol–water partition coefficient (Wildman–Crippen LogP) is 2.82. The third-order valence-corrected chi connectivity index (χ3v) is 4.79. The molecule has 1 aromatic rings. The predicted molar refractivity (Wildman–Crippen MR) is 70.5 cm³/mol. The summed E-state index contributed by atoms with van der Waals surface area (Å²) >= 11 is 5.00. The van der Waals surface area contributed by atoms with Crippen LogP contribution in [-0.2, 0) is 20.7 Å². The van der Waals surface area contributed by atoms with Crippen LogP contribution >= 0.6 is 27.3 Å². The van der Waals surface area contributed by atoms with Crippen molar-refractivity contribution in [3.8, 4) is 0 Å². The highest BCUT2D eigenvalue weighted by Crippen LogP contribution is 2.29. The summed E-state index contributed by atoms with van der Waals surface area (Å²) in [6.45, 7) is 1.21. The first-order valence-corrected chi connectivity index (χ1v) is 7.18. The average Bonchev–Trinajstić information content (AvgIpc) is 2.75. The molecular weight excluding hydrogens is 304 g/mol. The van der Waals surface area contributed by atoms with Crippen molar-refractivity contribution in [2.75, 3.05) is 20.3 Å². The highest BCUT2D eigenvalue weighted by molar-refractivity contribution is 9.11. The summed E-state index contributed by atoms with van der Waals surface area (Å²) in [6, 6.07) is 3.95. The van der Waals surface area contributed by atoms with Crippen LogP contribution in [0.5, 0.6) is 0 Å². The number of halogens is 1. The second kappa shape index (κ2) is 5.61. The zero-order chi connectivity index (χ0) is 12.3. The normalized spacial score (nSPS) is 19.2. The smallest absolute Gasteiger partial charge is 0.169 e. The maximum Gasteiger partial charge on any atom is 0.169 e. The summed E-state index contributed by atoms with van der Waals surface area (Å²) in [4.78, 5) is 13.4. The molecule has 17 heavy (non-hydrogen) atoms. The third kappa shape index (κ3) is 2.96. The van der Waals surface area contributed by atoms with Gasteiger partial charge in [0.15, 0.2) is 5.78 Å². The quantitative estimate of drug-likeness (QED) is 0.856. The highest BCUT2D eigenvalue weighted by atomic mass is 79.9. The molecule has 3 nitrogen and oxygen atoms in total. The molecule has 0 bridgehead atoms. The Morgan fingerprint density at radius 3 is 2.76 bits per heavy atom. The molecule has 1 aliphatic rings. The van der Waals surface area contributed by atoms with Crippen LogP contribution in [0.2, 0.25) is 0 Å². The number of rotatable bonds is 4. The van der Waals surface area contributed by atoms with E-state index in [0.29, 0.717) is 32.5 Å². The van der Waals surface area contributed by atoms with Crippen LogP contribution in [-0.4, -0.2) is 31.7 Å². The molecule has 0 radical (unpaired) electrons. The molecule has 0 N–H and O–H groups in total. The zero-order valence-corrected chi connectivity index (χ0v) is 12.1. The fraction of sp³-hybridized carbons (Fsp3) is 0.583. The first kappa shape index (κ1) is 13.2. The van der Waals surface area contributed by atoms with Crippen molar-refractivity contribution < 1.29 is 14.3 Å². The van der Waals surface area contributed by atoms with Gasteiger partial charge in [0, 0.05) is 44.5 Å². The first-order chi connectivity index (χ1) is 8.16. The van der Waals surface area contributed by atoms with Crippen LogP contribution in [0.25, 0.3) is 0 Å². The number of carbonyl (C=O) groups excluding carboxylic acids is 1. The van der Waals surface area contributed by atoms with Gasteiger partial charge in [-0.15, -0.1) is 11.3 Å². The van der Waals surface area contributed by atoms with Crippen molar-refractivity contribution in [2.45, 2.75) is 24.9 Å². The lowest BCUT2D eigenvalue weighted by Gasteiger charge is -2.34. The lowest BCUT2D eigenvalue weighted by molar-refractivity contribution is -0.151. The molecule has 0 atom stereocenters. The van der Waals surface area contributed by atoms with Gasteiger partial charge in [0.2, 0.25) is 0 Å². The van der Waals surface area contributed by atoms with Gasteiger partial charge >= 0.3 is 0 Å². The minimum atomic E-state index is -0.630. The molecule has 1 fully saturated rings. The Labute approximate surface area is 113 Å². The van der Waals surface area contributed by atoms with Crippen LogP contribution < -0.4 is 0 Å². The minimum Gasteiger partial charge on any atom is -0.381 e. The van der Waals surface area contributed by atoms with E-state index in [1.54, 1.807) is 18.4 Å². The Bertz CT molecular complexity index is 396. The number of methoxy groups -OCH3 is 1. The average molecular weight is 319 g/mol. The van der Waals surface area contributed by atoms with Gasteiger partial charge in [0.25, 0.3) is 0 Å². The van der Waals surface area contributed by atoms with Crippen molar-refractivity contribution >= 4 is 33.0 Å². The van der Waals surface area contributed by atoms with E-state index in [1.165, 1.54) is 0 Å². The molecule has 2 heterocycles. The standard InChI is InChI=1S/C12H15BrO3S/c1-15-12(4-6-16-7-5-12)10(14)8-9-2-3-11(13)17-9/h2-3H,4-8H2,1H3. The summed E-state index contributed by atoms with van der Waals surface area (Å²) in [5.74, 6) is 0.164. The fourth-order valence-electron chi connectivity index (χ4n) is 2.06. The number of carbonyl (C=O) groups is 1. The number of Topliss-reactive ketones (excluding diaryl/α,β-unsaturated/α-hetero) is 1. The van der Waals surface area contributed by atoms with Gasteiger partial charge in [-0.25, -0.2) is 0 Å². The summed E-state index contributed by atoms with van der Waals surface area (Å²) < 4.78 is 11.8. The van der Waals surface area contributed by atoms with E-state index in [-0.39, 0.29) is 5.78 Å². The van der Waals surface area contributed by atoms with Gasteiger partial charge in [-0.1, -0.05) is 0 Å². The van der Waals surface area contributed by atoms with Crippen LogP contribution in [0, 0.1) is 0 Å². The van der Waals surface area contributed by atoms with Crippen LogP contribution in [0.15, 0.2) is 15.9 Å². The third-order valence-electron chi connectivity index (χ3n) is 3.16. The topological polar surface area (TPSA) is 35.5 Å². The number of hydrogen-bond acceptors (Lipinski definition) is 4. The Morgan fingerprint density at radius 2 is 2.24 bits per heavy atom. The molecule has 0 aromatic carbocycles. The van der Waals surface area contributed by atoms with Crippen molar-refractivity contribution in [3.05, 3.63) is 20.8 Å². The largest absolute Gasteiger partial charge is 0.381 e. The zero-order valence-electron chi connectivity index (χ0n) is 9.70.